The van der Waals surface area contributed by atoms with E-state index in [1.807, 2.05) is 24.8 Å². The first kappa shape index (κ1) is 15.1. The third kappa shape index (κ3) is 2.86. The molecular weight excluding hydrogens is 298 g/mol. The van der Waals surface area contributed by atoms with E-state index in [0.717, 1.165) is 43.1 Å². The zero-order chi connectivity index (χ0) is 16.6. The molecule has 4 rings (SSSR count). The standard InChI is InChI=1S/C19H23N5/c1-15(2)12-17-21-18(24(22-17)16-6-4-3-5-7-16)19(8-9-19)13-23-11-10-20-14-23/h3-7,10-11,14-15H,8-9,12-13H2,1-2H3. The molecule has 1 aliphatic rings. The predicted molar refractivity (Wildman–Crippen MR) is 93.0 cm³/mol. The summed E-state index contributed by atoms with van der Waals surface area (Å²) in [6.07, 6.45) is 8.96. The van der Waals surface area contributed by atoms with Crippen molar-refractivity contribution in [2.45, 2.75) is 45.1 Å². The predicted octanol–water partition coefficient (Wildman–Crippen LogP) is 3.39. The van der Waals surface area contributed by atoms with Gasteiger partial charge in [0.1, 0.15) is 5.82 Å². The molecule has 0 spiro atoms. The van der Waals surface area contributed by atoms with Crippen molar-refractivity contribution in [1.29, 1.82) is 0 Å². The summed E-state index contributed by atoms with van der Waals surface area (Å²) >= 11 is 0. The number of imidazole rings is 1. The van der Waals surface area contributed by atoms with Gasteiger partial charge in [0.2, 0.25) is 0 Å². The SMILES string of the molecule is CC(C)Cc1nc(C2(Cn3ccnc3)CC2)n(-c2ccccc2)n1. The molecule has 2 aromatic heterocycles. The molecule has 5 nitrogen and oxygen atoms in total. The maximum atomic E-state index is 4.96. The molecule has 0 saturated heterocycles. The number of hydrogen-bond acceptors (Lipinski definition) is 3. The van der Waals surface area contributed by atoms with Crippen molar-refractivity contribution in [3.05, 3.63) is 60.7 Å². The fourth-order valence-corrected chi connectivity index (χ4v) is 3.23. The van der Waals surface area contributed by atoms with Crippen molar-refractivity contribution in [3.8, 4) is 5.69 Å². The Morgan fingerprint density at radius 2 is 1.96 bits per heavy atom. The number of rotatable bonds is 6. The monoisotopic (exact) mass is 321 g/mol. The second-order valence-corrected chi connectivity index (χ2v) is 7.21. The van der Waals surface area contributed by atoms with E-state index in [2.05, 4.69) is 52.3 Å². The third-order valence-corrected chi connectivity index (χ3v) is 4.61. The topological polar surface area (TPSA) is 48.5 Å². The minimum atomic E-state index is 0.0821. The summed E-state index contributed by atoms with van der Waals surface area (Å²) < 4.78 is 4.21. The number of benzene rings is 1. The Morgan fingerprint density at radius 1 is 1.17 bits per heavy atom. The summed E-state index contributed by atoms with van der Waals surface area (Å²) in [7, 11) is 0. The van der Waals surface area contributed by atoms with Crippen molar-refractivity contribution >= 4 is 0 Å². The second kappa shape index (κ2) is 5.89. The number of hydrogen-bond donors (Lipinski definition) is 0. The first-order valence-corrected chi connectivity index (χ1v) is 8.64. The van der Waals surface area contributed by atoms with Crippen molar-refractivity contribution in [1.82, 2.24) is 24.3 Å². The van der Waals surface area contributed by atoms with Crippen LogP contribution in [0.2, 0.25) is 0 Å². The lowest BCUT2D eigenvalue weighted by Gasteiger charge is -2.16. The van der Waals surface area contributed by atoms with Crippen LogP contribution in [-0.4, -0.2) is 24.3 Å². The van der Waals surface area contributed by atoms with Crippen LogP contribution in [0.4, 0.5) is 0 Å². The lowest BCUT2D eigenvalue weighted by molar-refractivity contribution is 0.507. The van der Waals surface area contributed by atoms with Crippen molar-refractivity contribution < 1.29 is 0 Å². The normalized spacial score (nSPS) is 15.8. The molecule has 1 aromatic carbocycles. The second-order valence-electron chi connectivity index (χ2n) is 7.21. The van der Waals surface area contributed by atoms with Crippen LogP contribution in [-0.2, 0) is 18.4 Å². The van der Waals surface area contributed by atoms with Gasteiger partial charge >= 0.3 is 0 Å². The summed E-state index contributed by atoms with van der Waals surface area (Å²) in [4.78, 5) is 9.13. The van der Waals surface area contributed by atoms with E-state index in [-0.39, 0.29) is 5.41 Å². The van der Waals surface area contributed by atoms with Crippen LogP contribution in [0, 0.1) is 5.92 Å². The van der Waals surface area contributed by atoms with Gasteiger partial charge in [0.15, 0.2) is 5.82 Å². The molecule has 3 aromatic rings. The molecule has 2 heterocycles. The van der Waals surface area contributed by atoms with E-state index in [9.17, 15) is 0 Å². The highest BCUT2D eigenvalue weighted by molar-refractivity contribution is 5.34. The molecule has 0 atom stereocenters. The Hall–Kier alpha value is -2.43. The lowest BCUT2D eigenvalue weighted by atomic mass is 10.1. The maximum absolute atomic E-state index is 4.96. The van der Waals surface area contributed by atoms with Crippen LogP contribution in [0.1, 0.15) is 38.3 Å². The van der Waals surface area contributed by atoms with E-state index in [1.165, 1.54) is 0 Å². The van der Waals surface area contributed by atoms with E-state index < -0.39 is 0 Å². The van der Waals surface area contributed by atoms with E-state index >= 15 is 0 Å². The van der Waals surface area contributed by atoms with Crippen LogP contribution >= 0.6 is 0 Å². The molecule has 1 saturated carbocycles. The zero-order valence-corrected chi connectivity index (χ0v) is 14.3. The molecular formula is C19H23N5. The van der Waals surface area contributed by atoms with Crippen LogP contribution in [0.15, 0.2) is 49.1 Å². The highest BCUT2D eigenvalue weighted by Crippen LogP contribution is 2.49. The smallest absolute Gasteiger partial charge is 0.151 e. The van der Waals surface area contributed by atoms with Crippen molar-refractivity contribution in [3.63, 3.8) is 0 Å². The van der Waals surface area contributed by atoms with E-state index in [1.54, 1.807) is 0 Å². The summed E-state index contributed by atoms with van der Waals surface area (Å²) in [6.45, 7) is 5.34. The van der Waals surface area contributed by atoms with Gasteiger partial charge in [-0.3, -0.25) is 0 Å². The van der Waals surface area contributed by atoms with Gasteiger partial charge in [0, 0.05) is 30.8 Å². The molecule has 0 bridgehead atoms. The first-order valence-electron chi connectivity index (χ1n) is 8.64. The Labute approximate surface area is 142 Å². The average molecular weight is 321 g/mol. The van der Waals surface area contributed by atoms with Gasteiger partial charge in [-0.15, -0.1) is 0 Å². The van der Waals surface area contributed by atoms with Gasteiger partial charge in [-0.05, 0) is 30.9 Å². The quantitative estimate of drug-likeness (QED) is 0.699. The zero-order valence-electron chi connectivity index (χ0n) is 14.3. The number of para-hydroxylation sites is 1. The fourth-order valence-electron chi connectivity index (χ4n) is 3.23. The van der Waals surface area contributed by atoms with Crippen LogP contribution < -0.4 is 0 Å². The van der Waals surface area contributed by atoms with E-state index in [0.29, 0.717) is 5.92 Å². The highest BCUT2D eigenvalue weighted by Gasteiger charge is 2.49. The molecule has 5 heteroatoms. The molecule has 24 heavy (non-hydrogen) atoms. The van der Waals surface area contributed by atoms with E-state index in [4.69, 9.17) is 10.1 Å². The Kier molecular flexibility index (Phi) is 3.71. The van der Waals surface area contributed by atoms with Crippen LogP contribution in [0.25, 0.3) is 5.69 Å². The van der Waals surface area contributed by atoms with Gasteiger partial charge in [-0.2, -0.15) is 5.10 Å². The molecule has 0 radical (unpaired) electrons. The Balaban J connectivity index is 1.74. The average Bonchev–Trinajstić information content (AvgIpc) is 2.97. The lowest BCUT2D eigenvalue weighted by Crippen LogP contribution is -2.20. The minimum Gasteiger partial charge on any atom is -0.336 e. The van der Waals surface area contributed by atoms with Crippen LogP contribution in [0.5, 0.6) is 0 Å². The molecule has 0 aliphatic heterocycles. The van der Waals surface area contributed by atoms with Crippen molar-refractivity contribution in [2.75, 3.05) is 0 Å². The maximum Gasteiger partial charge on any atom is 0.151 e. The first-order chi connectivity index (χ1) is 11.7. The summed E-state index contributed by atoms with van der Waals surface area (Å²) in [6, 6.07) is 10.3. The molecule has 0 unspecified atom stereocenters. The van der Waals surface area contributed by atoms with Gasteiger partial charge in [0.25, 0.3) is 0 Å². The number of aromatic nitrogens is 5. The Bertz CT molecular complexity index is 798. The summed E-state index contributed by atoms with van der Waals surface area (Å²) in [5, 5.41) is 4.84. The van der Waals surface area contributed by atoms with Gasteiger partial charge < -0.3 is 4.57 Å². The number of nitrogens with zero attached hydrogens (tertiary/aromatic N) is 5. The highest BCUT2D eigenvalue weighted by atomic mass is 15.4. The molecule has 0 amide bonds. The molecule has 1 fully saturated rings. The van der Waals surface area contributed by atoms with Gasteiger partial charge in [-0.1, -0.05) is 32.0 Å². The minimum absolute atomic E-state index is 0.0821. The summed E-state index contributed by atoms with van der Waals surface area (Å²) in [5.41, 5.74) is 1.17. The fraction of sp³-hybridized carbons (Fsp3) is 0.421. The van der Waals surface area contributed by atoms with Crippen molar-refractivity contribution in [2.24, 2.45) is 5.92 Å². The van der Waals surface area contributed by atoms with Gasteiger partial charge in [0.05, 0.1) is 12.0 Å². The largest absolute Gasteiger partial charge is 0.336 e. The molecule has 1 aliphatic carbocycles. The summed E-state index contributed by atoms with van der Waals surface area (Å²) in [5.74, 6) is 2.59. The third-order valence-electron chi connectivity index (χ3n) is 4.61. The Morgan fingerprint density at radius 3 is 2.58 bits per heavy atom. The molecule has 124 valence electrons. The molecule has 0 N–H and O–H groups in total. The van der Waals surface area contributed by atoms with Crippen LogP contribution in [0.3, 0.4) is 0 Å². The van der Waals surface area contributed by atoms with Gasteiger partial charge in [-0.25, -0.2) is 14.6 Å².